The van der Waals surface area contributed by atoms with Gasteiger partial charge in [-0.05, 0) is 20.3 Å². The highest BCUT2D eigenvalue weighted by molar-refractivity contribution is 7.88. The molecule has 0 aliphatic carbocycles. The van der Waals surface area contributed by atoms with Crippen LogP contribution < -0.4 is 20.0 Å². The van der Waals surface area contributed by atoms with Crippen LogP contribution in [0, 0.1) is 0 Å². The predicted molar refractivity (Wildman–Crippen MR) is 94.3 cm³/mol. The molecule has 0 aliphatic heterocycles. The van der Waals surface area contributed by atoms with Crippen molar-refractivity contribution < 1.29 is 17.9 Å². The van der Waals surface area contributed by atoms with E-state index in [2.05, 4.69) is 9.50 Å². The molecule has 0 spiro atoms. The molecule has 13 heteroatoms. The quantitative estimate of drug-likeness (QED) is 0.699. The molecule has 26 heavy (non-hydrogen) atoms. The number of thiazole rings is 1. The first-order valence-electron chi connectivity index (χ1n) is 7.92. The second kappa shape index (κ2) is 8.31. The Morgan fingerprint density at radius 2 is 2.12 bits per heavy atom. The molecule has 0 saturated heterocycles. The van der Waals surface area contributed by atoms with Gasteiger partial charge in [-0.15, -0.1) is 25.5 Å². The van der Waals surface area contributed by atoms with E-state index in [1.54, 1.807) is 34.7 Å². The van der Waals surface area contributed by atoms with E-state index in [-0.39, 0.29) is 24.0 Å². The molecule has 0 atom stereocenters. The van der Waals surface area contributed by atoms with Crippen molar-refractivity contribution in [3.05, 3.63) is 26.9 Å². The Morgan fingerprint density at radius 1 is 1.38 bits per heavy atom. The Balaban J connectivity index is 2.32. The van der Waals surface area contributed by atoms with Crippen molar-refractivity contribution in [2.75, 3.05) is 6.61 Å². The lowest BCUT2D eigenvalue weighted by molar-refractivity contribution is 0.242. The molecule has 0 bridgehead atoms. The highest BCUT2D eigenvalue weighted by atomic mass is 32.2. The third kappa shape index (κ3) is 4.40. The number of nitrogens with zero attached hydrogens (tertiary/aromatic N) is 5. The van der Waals surface area contributed by atoms with E-state index in [0.717, 1.165) is 22.3 Å². The maximum absolute atomic E-state index is 12.2. The van der Waals surface area contributed by atoms with Crippen molar-refractivity contribution in [1.29, 1.82) is 0 Å². The van der Waals surface area contributed by atoms with Gasteiger partial charge in [0.1, 0.15) is 0 Å². The Labute approximate surface area is 153 Å². The van der Waals surface area contributed by atoms with E-state index in [1.165, 1.54) is 0 Å². The summed E-state index contributed by atoms with van der Waals surface area (Å²) >= 11 is 1.12. The molecule has 0 fully saturated rings. The Hall–Kier alpha value is -2.41. The average Bonchev–Trinajstić information content (AvgIpc) is 3.11. The molecule has 2 heterocycles. The van der Waals surface area contributed by atoms with E-state index in [1.807, 2.05) is 6.92 Å². The molecule has 0 unspecified atom stereocenters. The molecule has 1 amide bonds. The van der Waals surface area contributed by atoms with Crippen LogP contribution in [0.25, 0.3) is 0 Å². The molecular formula is C13H20N6O5S2. The summed E-state index contributed by atoms with van der Waals surface area (Å²) in [6.45, 7) is 6.34. The zero-order valence-corrected chi connectivity index (χ0v) is 16.2. The fraction of sp³-hybridized carbons (Fsp3) is 0.538. The number of carbonyl (C=O) groups is 1. The van der Waals surface area contributed by atoms with Gasteiger partial charge in [0.05, 0.1) is 6.61 Å². The van der Waals surface area contributed by atoms with Crippen LogP contribution in [0.4, 0.5) is 4.79 Å². The van der Waals surface area contributed by atoms with Gasteiger partial charge >= 0.3 is 27.9 Å². The molecule has 0 radical (unpaired) electrons. The van der Waals surface area contributed by atoms with Gasteiger partial charge in [-0.1, -0.05) is 6.92 Å². The van der Waals surface area contributed by atoms with Gasteiger partial charge in [0.15, 0.2) is 0 Å². The van der Waals surface area contributed by atoms with E-state index < -0.39 is 21.9 Å². The lowest BCUT2D eigenvalue weighted by Gasteiger charge is -2.02. The van der Waals surface area contributed by atoms with Gasteiger partial charge in [-0.2, -0.15) is 8.42 Å². The summed E-state index contributed by atoms with van der Waals surface area (Å²) in [5.41, 5.74) is -0.805. The van der Waals surface area contributed by atoms with Crippen molar-refractivity contribution in [2.24, 2.45) is 4.40 Å². The molecule has 144 valence electrons. The van der Waals surface area contributed by atoms with Crippen LogP contribution in [-0.4, -0.2) is 40.0 Å². The predicted octanol–water partition coefficient (Wildman–Crippen LogP) is 0.140. The molecule has 2 aromatic rings. The number of aryl methyl sites for hydroxylation is 1. The Kier molecular flexibility index (Phi) is 6.37. The second-order valence-electron chi connectivity index (χ2n) is 5.01. The number of hydrogen-bond donors (Lipinski definition) is 1. The second-order valence-corrected chi connectivity index (χ2v) is 7.22. The van der Waals surface area contributed by atoms with Gasteiger partial charge in [0.2, 0.25) is 4.80 Å². The number of amides is 1. The average molecular weight is 404 g/mol. The topological polar surface area (TPSA) is 130 Å². The van der Waals surface area contributed by atoms with Crippen LogP contribution in [0.2, 0.25) is 0 Å². The number of carbonyl (C=O) groups excluding carboxylic acids is 1. The summed E-state index contributed by atoms with van der Waals surface area (Å²) in [5, 5.41) is 5.41. The zero-order valence-electron chi connectivity index (χ0n) is 14.6. The monoisotopic (exact) mass is 404 g/mol. The first-order valence-corrected chi connectivity index (χ1v) is 10.2. The zero-order chi connectivity index (χ0) is 19.3. The molecule has 0 saturated carbocycles. The number of aromatic nitrogens is 4. The first kappa shape index (κ1) is 19.9. The highest BCUT2D eigenvalue weighted by Crippen LogP contribution is 2.03. The summed E-state index contributed by atoms with van der Waals surface area (Å²) in [6, 6.07) is -1.30. The van der Waals surface area contributed by atoms with Gasteiger partial charge < -0.3 is 9.30 Å². The van der Waals surface area contributed by atoms with Gasteiger partial charge in [0.25, 0.3) is 0 Å². The summed E-state index contributed by atoms with van der Waals surface area (Å²) in [5.74, 6) is 0. The summed E-state index contributed by atoms with van der Waals surface area (Å²) in [6.07, 6.45) is 2.49. The molecule has 2 aromatic heterocycles. The largest absolute Gasteiger partial charge is 0.464 e. The van der Waals surface area contributed by atoms with Gasteiger partial charge in [0, 0.05) is 24.7 Å². The minimum atomic E-state index is -4.37. The molecule has 0 aromatic carbocycles. The van der Waals surface area contributed by atoms with E-state index >= 15 is 0 Å². The molecule has 1 N–H and O–H groups in total. The molecule has 0 aliphatic rings. The van der Waals surface area contributed by atoms with Crippen LogP contribution in [0.15, 0.2) is 20.8 Å². The standard InChI is InChI=1S/C13H20N6O5S2/c1-4-7-17-8-9-25-12(17)16-26(22,23)15-10(20)19-13(21)18(5-2)11(14-19)24-6-3/h8-9H,4-7H2,1-3H3,(H,15,20)/b16-12-. The maximum atomic E-state index is 12.2. The van der Waals surface area contributed by atoms with Crippen molar-refractivity contribution in [3.8, 4) is 6.01 Å². The SMILES string of the molecule is CCCn1ccs/c1=N\S(=O)(=O)NC(=O)n1nc(OCC)n(CC)c1=O. The third-order valence-corrected chi connectivity index (χ3v) is 4.91. The smallest absolute Gasteiger partial charge is 0.361 e. The van der Waals surface area contributed by atoms with Gasteiger partial charge in [-0.3, -0.25) is 0 Å². The minimum absolute atomic E-state index is 0.0662. The van der Waals surface area contributed by atoms with Crippen LogP contribution >= 0.6 is 11.3 Å². The summed E-state index contributed by atoms with van der Waals surface area (Å²) < 4.78 is 37.9. The minimum Gasteiger partial charge on any atom is -0.464 e. The number of ether oxygens (including phenoxy) is 1. The number of rotatable bonds is 7. The first-order chi connectivity index (χ1) is 12.3. The van der Waals surface area contributed by atoms with Crippen LogP contribution in [0.1, 0.15) is 27.2 Å². The van der Waals surface area contributed by atoms with Crippen molar-refractivity contribution in [2.45, 2.75) is 40.3 Å². The molecule has 2 rings (SSSR count). The van der Waals surface area contributed by atoms with Crippen molar-refractivity contribution in [3.63, 3.8) is 0 Å². The van der Waals surface area contributed by atoms with Crippen LogP contribution in [0.5, 0.6) is 6.01 Å². The van der Waals surface area contributed by atoms with Crippen LogP contribution in [-0.2, 0) is 23.3 Å². The lowest BCUT2D eigenvalue weighted by atomic mass is 10.5. The van der Waals surface area contributed by atoms with Crippen LogP contribution in [0.3, 0.4) is 0 Å². The molecule has 11 nitrogen and oxygen atoms in total. The normalized spacial score (nSPS) is 12.3. The fourth-order valence-electron chi connectivity index (χ4n) is 2.08. The summed E-state index contributed by atoms with van der Waals surface area (Å²) in [7, 11) is -4.37. The third-order valence-electron chi connectivity index (χ3n) is 3.15. The lowest BCUT2D eigenvalue weighted by Crippen LogP contribution is -2.40. The van der Waals surface area contributed by atoms with E-state index in [9.17, 15) is 18.0 Å². The van der Waals surface area contributed by atoms with Crippen molar-refractivity contribution in [1.82, 2.24) is 23.6 Å². The Morgan fingerprint density at radius 3 is 2.73 bits per heavy atom. The number of hydrogen-bond acceptors (Lipinski definition) is 7. The molecular weight excluding hydrogens is 384 g/mol. The van der Waals surface area contributed by atoms with E-state index in [4.69, 9.17) is 4.74 Å². The maximum Gasteiger partial charge on any atom is 0.361 e. The summed E-state index contributed by atoms with van der Waals surface area (Å²) in [4.78, 5) is 24.6. The number of nitrogens with one attached hydrogen (secondary N) is 1. The van der Waals surface area contributed by atoms with Crippen molar-refractivity contribution >= 4 is 27.6 Å². The van der Waals surface area contributed by atoms with E-state index in [0.29, 0.717) is 11.2 Å². The fourth-order valence-corrected chi connectivity index (χ4v) is 3.82. The van der Waals surface area contributed by atoms with Gasteiger partial charge in [-0.25, -0.2) is 18.9 Å². The Bertz CT molecular complexity index is 997. The highest BCUT2D eigenvalue weighted by Gasteiger charge is 2.22.